The maximum atomic E-state index is 11.7. The fourth-order valence-corrected chi connectivity index (χ4v) is 2.40. The highest BCUT2D eigenvalue weighted by Crippen LogP contribution is 2.13. The van der Waals surface area contributed by atoms with Gasteiger partial charge < -0.3 is 5.11 Å². The van der Waals surface area contributed by atoms with Crippen LogP contribution in [0.2, 0.25) is 0 Å². The molecule has 3 N–H and O–H groups in total. The summed E-state index contributed by atoms with van der Waals surface area (Å²) >= 11 is 0. The molecule has 0 aliphatic carbocycles. The first-order valence-corrected chi connectivity index (χ1v) is 7.55. The van der Waals surface area contributed by atoms with E-state index in [1.807, 2.05) is 13.8 Å². The van der Waals surface area contributed by atoms with Crippen molar-refractivity contribution < 1.29 is 18.3 Å². The highest BCUT2D eigenvalue weighted by molar-refractivity contribution is 7.90. The SMILES string of the molecule is CC(C)CNS(=O)(=O)Nc1cccc(/C=C/C(=O)O)c1. The van der Waals surface area contributed by atoms with Gasteiger partial charge in [-0.25, -0.2) is 4.79 Å². The lowest BCUT2D eigenvalue weighted by Crippen LogP contribution is -2.32. The highest BCUT2D eigenvalue weighted by Gasteiger charge is 2.10. The number of rotatable bonds is 7. The molecule has 0 saturated carbocycles. The fraction of sp³-hybridized carbons (Fsp3) is 0.308. The van der Waals surface area contributed by atoms with Gasteiger partial charge in [0, 0.05) is 12.6 Å². The number of carboxylic acid groups (broad SMARTS) is 1. The molecule has 0 saturated heterocycles. The lowest BCUT2D eigenvalue weighted by atomic mass is 10.2. The van der Waals surface area contributed by atoms with Crippen LogP contribution in [0.25, 0.3) is 6.08 Å². The van der Waals surface area contributed by atoms with Gasteiger partial charge in [-0.3, -0.25) is 4.72 Å². The van der Waals surface area contributed by atoms with Crippen LogP contribution in [0.15, 0.2) is 30.3 Å². The molecule has 0 unspecified atom stereocenters. The van der Waals surface area contributed by atoms with Gasteiger partial charge in [-0.05, 0) is 29.7 Å². The average molecular weight is 298 g/mol. The predicted molar refractivity (Wildman–Crippen MR) is 78.5 cm³/mol. The van der Waals surface area contributed by atoms with Crippen LogP contribution in [0.5, 0.6) is 0 Å². The Kier molecular flexibility index (Phi) is 5.72. The molecule has 1 aromatic carbocycles. The molecule has 7 heteroatoms. The summed E-state index contributed by atoms with van der Waals surface area (Å²) in [6.45, 7) is 4.15. The minimum atomic E-state index is -3.62. The Hall–Kier alpha value is -1.86. The van der Waals surface area contributed by atoms with Gasteiger partial charge in [0.05, 0.1) is 5.69 Å². The normalized spacial score (nSPS) is 11.9. The fourth-order valence-electron chi connectivity index (χ4n) is 1.34. The monoisotopic (exact) mass is 298 g/mol. The molecule has 0 spiro atoms. The number of nitrogens with one attached hydrogen (secondary N) is 2. The first kappa shape index (κ1) is 16.2. The van der Waals surface area contributed by atoms with Crippen LogP contribution in [-0.4, -0.2) is 26.0 Å². The van der Waals surface area contributed by atoms with Crippen molar-refractivity contribution >= 4 is 27.9 Å². The van der Waals surface area contributed by atoms with E-state index in [1.54, 1.807) is 24.3 Å². The van der Waals surface area contributed by atoms with Crippen LogP contribution in [-0.2, 0) is 15.0 Å². The summed E-state index contributed by atoms with van der Waals surface area (Å²) in [5.41, 5.74) is 0.963. The molecule has 1 rings (SSSR count). The molecule has 20 heavy (non-hydrogen) atoms. The van der Waals surface area contributed by atoms with Gasteiger partial charge >= 0.3 is 5.97 Å². The number of anilines is 1. The Bertz CT molecular complexity index is 594. The van der Waals surface area contributed by atoms with E-state index in [0.717, 1.165) is 6.08 Å². The Morgan fingerprint density at radius 1 is 1.40 bits per heavy atom. The quantitative estimate of drug-likeness (QED) is 0.667. The van der Waals surface area contributed by atoms with E-state index >= 15 is 0 Å². The minimum absolute atomic E-state index is 0.205. The number of benzene rings is 1. The second kappa shape index (κ2) is 7.06. The molecule has 0 aliphatic rings. The molecule has 0 atom stereocenters. The Morgan fingerprint density at radius 3 is 2.70 bits per heavy atom. The van der Waals surface area contributed by atoms with Crippen LogP contribution in [0.1, 0.15) is 19.4 Å². The molecule has 0 bridgehead atoms. The minimum Gasteiger partial charge on any atom is -0.478 e. The standard InChI is InChI=1S/C13H18N2O4S/c1-10(2)9-14-20(18,19)15-12-5-3-4-11(8-12)6-7-13(16)17/h3-8,10,14-15H,9H2,1-2H3,(H,16,17)/b7-6+. The van der Waals surface area contributed by atoms with Gasteiger partial charge in [-0.2, -0.15) is 13.1 Å². The lowest BCUT2D eigenvalue weighted by Gasteiger charge is -2.11. The van der Waals surface area contributed by atoms with E-state index in [4.69, 9.17) is 5.11 Å². The lowest BCUT2D eigenvalue weighted by molar-refractivity contribution is -0.131. The van der Waals surface area contributed by atoms with Crippen molar-refractivity contribution in [2.45, 2.75) is 13.8 Å². The van der Waals surface area contributed by atoms with E-state index in [2.05, 4.69) is 9.44 Å². The van der Waals surface area contributed by atoms with E-state index in [1.165, 1.54) is 6.08 Å². The maximum Gasteiger partial charge on any atom is 0.328 e. The van der Waals surface area contributed by atoms with Crippen LogP contribution in [0, 0.1) is 5.92 Å². The summed E-state index contributed by atoms with van der Waals surface area (Å²) in [7, 11) is -3.62. The van der Waals surface area contributed by atoms with Crippen LogP contribution in [0.4, 0.5) is 5.69 Å². The van der Waals surface area contributed by atoms with Crippen LogP contribution >= 0.6 is 0 Å². The number of aliphatic carboxylic acids is 1. The largest absolute Gasteiger partial charge is 0.478 e. The zero-order chi connectivity index (χ0) is 15.2. The molecule has 0 amide bonds. The average Bonchev–Trinajstić information content (AvgIpc) is 2.34. The molecule has 1 aromatic rings. The topological polar surface area (TPSA) is 95.5 Å². The van der Waals surface area contributed by atoms with Crippen LogP contribution in [0.3, 0.4) is 0 Å². The molecule has 0 fully saturated rings. The van der Waals surface area contributed by atoms with Gasteiger partial charge in [0.2, 0.25) is 0 Å². The molecular weight excluding hydrogens is 280 g/mol. The van der Waals surface area contributed by atoms with Crippen molar-refractivity contribution in [2.75, 3.05) is 11.3 Å². The van der Waals surface area contributed by atoms with E-state index in [0.29, 0.717) is 17.8 Å². The van der Waals surface area contributed by atoms with Crippen molar-refractivity contribution in [3.63, 3.8) is 0 Å². The Morgan fingerprint density at radius 2 is 2.10 bits per heavy atom. The third-order valence-electron chi connectivity index (χ3n) is 2.24. The smallest absolute Gasteiger partial charge is 0.328 e. The third kappa shape index (κ3) is 6.35. The first-order valence-electron chi connectivity index (χ1n) is 6.07. The van der Waals surface area contributed by atoms with E-state index < -0.39 is 16.2 Å². The van der Waals surface area contributed by atoms with Crippen molar-refractivity contribution in [1.29, 1.82) is 0 Å². The molecule has 0 radical (unpaired) electrons. The summed E-state index contributed by atoms with van der Waals surface area (Å²) in [5.74, 6) is -0.856. The Labute approximate surface area is 118 Å². The van der Waals surface area contributed by atoms with Gasteiger partial charge in [0.25, 0.3) is 10.2 Å². The molecule has 0 aliphatic heterocycles. The molecule has 110 valence electrons. The summed E-state index contributed by atoms with van der Waals surface area (Å²) in [5, 5.41) is 8.54. The molecule has 6 nitrogen and oxygen atoms in total. The summed E-state index contributed by atoms with van der Waals surface area (Å²) < 4.78 is 28.3. The van der Waals surface area contributed by atoms with Crippen molar-refractivity contribution in [2.24, 2.45) is 5.92 Å². The zero-order valence-corrected chi connectivity index (χ0v) is 12.1. The number of carboxylic acids is 1. The van der Waals surface area contributed by atoms with Crippen LogP contribution < -0.4 is 9.44 Å². The van der Waals surface area contributed by atoms with Gasteiger partial charge in [-0.15, -0.1) is 0 Å². The summed E-state index contributed by atoms with van der Waals surface area (Å²) in [6.07, 6.45) is 2.38. The molecular formula is C13H18N2O4S. The van der Waals surface area contributed by atoms with Gasteiger partial charge in [0.15, 0.2) is 0 Å². The summed E-state index contributed by atoms with van der Waals surface area (Å²) in [6, 6.07) is 6.46. The maximum absolute atomic E-state index is 11.7. The van der Waals surface area contributed by atoms with Crippen molar-refractivity contribution in [3.8, 4) is 0 Å². The Balaban J connectivity index is 2.78. The van der Waals surface area contributed by atoms with Gasteiger partial charge in [0.1, 0.15) is 0 Å². The number of hydrogen-bond acceptors (Lipinski definition) is 3. The number of hydrogen-bond donors (Lipinski definition) is 3. The zero-order valence-electron chi connectivity index (χ0n) is 11.3. The molecule has 0 heterocycles. The number of carbonyl (C=O) groups is 1. The van der Waals surface area contributed by atoms with Crippen molar-refractivity contribution in [3.05, 3.63) is 35.9 Å². The third-order valence-corrected chi connectivity index (χ3v) is 3.29. The van der Waals surface area contributed by atoms with E-state index in [-0.39, 0.29) is 5.92 Å². The molecule has 0 aromatic heterocycles. The second-order valence-electron chi connectivity index (χ2n) is 4.64. The van der Waals surface area contributed by atoms with Gasteiger partial charge in [-0.1, -0.05) is 26.0 Å². The predicted octanol–water partition coefficient (Wildman–Crippen LogP) is 1.69. The summed E-state index contributed by atoms with van der Waals surface area (Å²) in [4.78, 5) is 10.4. The van der Waals surface area contributed by atoms with E-state index in [9.17, 15) is 13.2 Å². The highest BCUT2D eigenvalue weighted by atomic mass is 32.2. The second-order valence-corrected chi connectivity index (χ2v) is 6.14. The van der Waals surface area contributed by atoms with Crippen molar-refractivity contribution in [1.82, 2.24) is 4.72 Å². The first-order chi connectivity index (χ1) is 9.28.